The average molecular weight is 723 g/mol. The van der Waals surface area contributed by atoms with E-state index >= 15 is 0 Å². The van der Waals surface area contributed by atoms with Crippen LogP contribution in [0, 0.1) is 0 Å². The first-order chi connectivity index (χ1) is 27.2. The lowest BCUT2D eigenvalue weighted by Gasteiger charge is -2.10. The Morgan fingerprint density at radius 2 is 0.818 bits per heavy atom. The number of rotatable bonds is 7. The van der Waals surface area contributed by atoms with E-state index in [4.69, 9.17) is 29.9 Å². The van der Waals surface area contributed by atoms with E-state index in [0.29, 0.717) is 17.5 Å². The van der Waals surface area contributed by atoms with E-state index < -0.39 is 0 Å². The summed E-state index contributed by atoms with van der Waals surface area (Å²) in [5, 5.41) is 1.02. The molecule has 0 N–H and O–H groups in total. The molecule has 6 aromatic carbocycles. The van der Waals surface area contributed by atoms with Crippen LogP contribution in [0.1, 0.15) is 0 Å². The molecule has 0 spiro atoms. The third-order valence-electron chi connectivity index (χ3n) is 9.72. The van der Waals surface area contributed by atoms with Gasteiger partial charge in [-0.15, -0.1) is 11.3 Å². The molecule has 0 amide bonds. The molecule has 0 aliphatic heterocycles. The van der Waals surface area contributed by atoms with Crippen LogP contribution < -0.4 is 0 Å². The lowest BCUT2D eigenvalue weighted by atomic mass is 9.99. The standard InChI is InChI=1S/C48H30N6S/c1-4-12-31(13-5-1)36-18-10-20-38(26-36)40-28-41-43-44(55-48(41)49-29-40)42(50-30-51-43)33-22-24-35(25-23-33)46-52-45(34-16-8-3-9-17-34)53-47(54-46)39-21-11-19-37(27-39)32-14-6-2-7-15-32/h1-30H. The van der Waals surface area contributed by atoms with Crippen LogP contribution >= 0.6 is 11.3 Å². The number of aromatic nitrogens is 6. The van der Waals surface area contributed by atoms with Crippen molar-refractivity contribution in [3.8, 4) is 78.8 Å². The first kappa shape index (κ1) is 32.4. The molecule has 0 atom stereocenters. The van der Waals surface area contributed by atoms with Crippen LogP contribution in [0.4, 0.5) is 0 Å². The van der Waals surface area contributed by atoms with Crippen molar-refractivity contribution in [2.45, 2.75) is 0 Å². The summed E-state index contributed by atoms with van der Waals surface area (Å²) in [7, 11) is 0. The molecule has 258 valence electrons. The Balaban J connectivity index is 1.01. The summed E-state index contributed by atoms with van der Waals surface area (Å²) in [6.45, 7) is 0. The second kappa shape index (κ2) is 14.0. The fourth-order valence-corrected chi connectivity index (χ4v) is 8.02. The molecule has 0 saturated heterocycles. The van der Waals surface area contributed by atoms with E-state index in [1.54, 1.807) is 17.7 Å². The minimum absolute atomic E-state index is 0.600. The normalized spacial score (nSPS) is 11.3. The summed E-state index contributed by atoms with van der Waals surface area (Å²) < 4.78 is 1.00. The smallest absolute Gasteiger partial charge is 0.164 e. The van der Waals surface area contributed by atoms with E-state index in [-0.39, 0.29) is 0 Å². The number of hydrogen-bond acceptors (Lipinski definition) is 7. The van der Waals surface area contributed by atoms with Gasteiger partial charge in [0.25, 0.3) is 0 Å². The summed E-state index contributed by atoms with van der Waals surface area (Å²) in [4.78, 5) is 30.3. The van der Waals surface area contributed by atoms with Gasteiger partial charge in [-0.3, -0.25) is 0 Å². The average Bonchev–Trinajstić information content (AvgIpc) is 3.66. The van der Waals surface area contributed by atoms with Gasteiger partial charge in [0.2, 0.25) is 0 Å². The lowest BCUT2D eigenvalue weighted by molar-refractivity contribution is 1.07. The Labute approximate surface area is 321 Å². The summed E-state index contributed by atoms with van der Waals surface area (Å²) >= 11 is 1.62. The monoisotopic (exact) mass is 722 g/mol. The first-order valence-corrected chi connectivity index (χ1v) is 18.8. The van der Waals surface area contributed by atoms with Crippen molar-refractivity contribution in [3.05, 3.63) is 182 Å². The van der Waals surface area contributed by atoms with Gasteiger partial charge in [-0.1, -0.05) is 152 Å². The van der Waals surface area contributed by atoms with E-state index in [0.717, 1.165) is 70.6 Å². The molecule has 6 nitrogen and oxygen atoms in total. The van der Waals surface area contributed by atoms with E-state index in [1.165, 1.54) is 11.1 Å². The van der Waals surface area contributed by atoms with Crippen molar-refractivity contribution in [2.24, 2.45) is 0 Å². The first-order valence-electron chi connectivity index (χ1n) is 18.0. The van der Waals surface area contributed by atoms with Crippen molar-refractivity contribution in [3.63, 3.8) is 0 Å². The van der Waals surface area contributed by atoms with Crippen LogP contribution in [-0.4, -0.2) is 29.9 Å². The summed E-state index contributed by atoms with van der Waals surface area (Å²) in [5.74, 6) is 1.84. The molecule has 0 saturated carbocycles. The van der Waals surface area contributed by atoms with Crippen LogP contribution in [0.3, 0.4) is 0 Å². The molecule has 0 aliphatic rings. The minimum Gasteiger partial charge on any atom is -0.245 e. The topological polar surface area (TPSA) is 77.3 Å². The fourth-order valence-electron chi connectivity index (χ4n) is 6.93. The highest BCUT2D eigenvalue weighted by Crippen LogP contribution is 2.39. The highest BCUT2D eigenvalue weighted by Gasteiger charge is 2.17. The largest absolute Gasteiger partial charge is 0.245 e. The van der Waals surface area contributed by atoms with Gasteiger partial charge < -0.3 is 0 Å². The zero-order valence-corrected chi connectivity index (χ0v) is 30.2. The van der Waals surface area contributed by atoms with Crippen molar-refractivity contribution < 1.29 is 0 Å². The van der Waals surface area contributed by atoms with Gasteiger partial charge >= 0.3 is 0 Å². The second-order valence-electron chi connectivity index (χ2n) is 13.2. The number of fused-ring (bicyclic) bond motifs is 3. The van der Waals surface area contributed by atoms with Crippen molar-refractivity contribution in [2.75, 3.05) is 0 Å². The van der Waals surface area contributed by atoms with Crippen molar-refractivity contribution in [1.82, 2.24) is 29.9 Å². The van der Waals surface area contributed by atoms with Gasteiger partial charge in [0.15, 0.2) is 17.5 Å². The molecule has 0 fully saturated rings. The van der Waals surface area contributed by atoms with Gasteiger partial charge in [-0.2, -0.15) is 0 Å². The van der Waals surface area contributed by atoms with Crippen LogP contribution in [0.25, 0.3) is 99.2 Å². The van der Waals surface area contributed by atoms with E-state index in [2.05, 4.69) is 109 Å². The van der Waals surface area contributed by atoms with Crippen molar-refractivity contribution >= 4 is 31.8 Å². The molecule has 55 heavy (non-hydrogen) atoms. The number of hydrogen-bond donors (Lipinski definition) is 0. The number of thiophene rings is 1. The second-order valence-corrected chi connectivity index (χ2v) is 14.2. The zero-order valence-electron chi connectivity index (χ0n) is 29.4. The van der Waals surface area contributed by atoms with E-state index in [9.17, 15) is 0 Å². The summed E-state index contributed by atoms with van der Waals surface area (Å²) in [6, 6.07) is 58.2. The van der Waals surface area contributed by atoms with Gasteiger partial charge in [0.1, 0.15) is 11.2 Å². The van der Waals surface area contributed by atoms with E-state index in [1.807, 2.05) is 66.9 Å². The number of nitrogens with zero attached hydrogens (tertiary/aromatic N) is 6. The Bertz CT molecular complexity index is 2970. The fraction of sp³-hybridized carbons (Fsp3) is 0. The van der Waals surface area contributed by atoms with Crippen LogP contribution in [0.15, 0.2) is 182 Å². The third kappa shape index (κ3) is 6.33. The summed E-state index contributed by atoms with van der Waals surface area (Å²) in [6.07, 6.45) is 3.60. The summed E-state index contributed by atoms with van der Waals surface area (Å²) in [5.41, 5.74) is 12.2. The molecule has 0 bridgehead atoms. The van der Waals surface area contributed by atoms with Gasteiger partial charge in [0, 0.05) is 39.4 Å². The Morgan fingerprint density at radius 1 is 0.345 bits per heavy atom. The predicted octanol–water partition coefficient (Wildman–Crippen LogP) is 12.1. The Hall–Kier alpha value is -7.22. The van der Waals surface area contributed by atoms with Crippen LogP contribution in [-0.2, 0) is 0 Å². The Kier molecular flexibility index (Phi) is 8.24. The Morgan fingerprint density at radius 3 is 1.44 bits per heavy atom. The molecule has 10 rings (SSSR count). The molecule has 10 aromatic rings. The molecule has 4 aromatic heterocycles. The molecule has 7 heteroatoms. The molecule has 0 radical (unpaired) electrons. The number of pyridine rings is 1. The predicted molar refractivity (Wildman–Crippen MR) is 224 cm³/mol. The highest BCUT2D eigenvalue weighted by atomic mass is 32.1. The van der Waals surface area contributed by atoms with Crippen LogP contribution in [0.5, 0.6) is 0 Å². The zero-order chi connectivity index (χ0) is 36.6. The molecule has 4 heterocycles. The SMILES string of the molecule is c1ccc(-c2cccc(-c3cnc4sc5c(-c6ccc(-c7nc(-c8ccccc8)nc(-c8cccc(-c9ccccc9)c8)n7)cc6)ncnc5c4c3)c2)cc1. The lowest BCUT2D eigenvalue weighted by Crippen LogP contribution is -2.00. The van der Waals surface area contributed by atoms with Gasteiger partial charge in [-0.25, -0.2) is 29.9 Å². The molecule has 0 unspecified atom stereocenters. The molecular formula is C48H30N6S. The maximum Gasteiger partial charge on any atom is 0.164 e. The minimum atomic E-state index is 0.600. The molecule has 0 aliphatic carbocycles. The number of benzene rings is 6. The molecular weight excluding hydrogens is 693 g/mol. The maximum absolute atomic E-state index is 5.02. The van der Waals surface area contributed by atoms with Gasteiger partial charge in [0.05, 0.1) is 15.9 Å². The third-order valence-corrected chi connectivity index (χ3v) is 10.8. The van der Waals surface area contributed by atoms with Crippen molar-refractivity contribution in [1.29, 1.82) is 0 Å². The highest BCUT2D eigenvalue weighted by molar-refractivity contribution is 7.25. The van der Waals surface area contributed by atoms with Crippen LogP contribution in [0.2, 0.25) is 0 Å². The van der Waals surface area contributed by atoms with Gasteiger partial charge in [-0.05, 0) is 46.0 Å². The quantitative estimate of drug-likeness (QED) is 0.163. The maximum atomic E-state index is 5.02.